The maximum atomic E-state index is 13.7. The predicted molar refractivity (Wildman–Crippen MR) is 207 cm³/mol. The first-order valence-electron chi connectivity index (χ1n) is 16.0. The summed E-state index contributed by atoms with van der Waals surface area (Å²) in [7, 11) is -7.92. The fourth-order valence-corrected chi connectivity index (χ4v) is 6.78. The average molecular weight is 858 g/mol. The molecule has 18 nitrogen and oxygen atoms in total. The molecule has 0 radical (unpaired) electrons. The van der Waals surface area contributed by atoms with Crippen LogP contribution in [0.4, 0.5) is 45.5 Å². The molecule has 1 aliphatic carbocycles. The largest absolute Gasteiger partial charge is 1.00 e. The molecule has 7 N–H and O–H groups in total. The van der Waals surface area contributed by atoms with E-state index in [1.165, 1.54) is 20.3 Å². The molecule has 0 amide bonds. The van der Waals surface area contributed by atoms with Crippen LogP contribution in [0.5, 0.6) is 11.5 Å². The molecule has 0 aromatic heterocycles. The number of ether oxygens (including phenoxy) is 2. The van der Waals surface area contributed by atoms with E-state index in [0.717, 1.165) is 0 Å². The van der Waals surface area contributed by atoms with Crippen molar-refractivity contribution in [3.8, 4) is 22.6 Å². The number of Topliss-reactive ketones (excluding diaryl/α,β-unsaturated/α-hetero) is 1. The number of nitrogens with zero attached hydrogens (tertiary/aromatic N) is 5. The first-order chi connectivity index (χ1) is 26.6. The van der Waals surface area contributed by atoms with Crippen molar-refractivity contribution in [3.05, 3.63) is 107 Å². The molecule has 0 atom stereocenters. The smallest absolute Gasteiger partial charge is 0.744 e. The van der Waals surface area contributed by atoms with Crippen molar-refractivity contribution in [1.29, 1.82) is 0 Å². The van der Waals surface area contributed by atoms with Crippen LogP contribution >= 0.6 is 0 Å². The summed E-state index contributed by atoms with van der Waals surface area (Å²) in [6.45, 7) is 0. The minimum atomic E-state index is -5.38. The van der Waals surface area contributed by atoms with Gasteiger partial charge in [0, 0.05) is 5.69 Å². The van der Waals surface area contributed by atoms with Gasteiger partial charge in [-0.15, -0.1) is 20.5 Å². The quantitative estimate of drug-likeness (QED) is 0.0461. The molecule has 5 aromatic rings. The zero-order chi connectivity index (χ0) is 40.4. The molecule has 5 aromatic carbocycles. The first kappa shape index (κ1) is 46.3. The van der Waals surface area contributed by atoms with Gasteiger partial charge in [-0.1, -0.05) is 30.3 Å². The van der Waals surface area contributed by atoms with Gasteiger partial charge in [0.1, 0.15) is 60.2 Å². The van der Waals surface area contributed by atoms with Gasteiger partial charge in [0.05, 0.1) is 46.6 Å². The fraction of sp³-hybridized carbons (Fsp3) is 0.0556. The predicted octanol–water partition coefficient (Wildman–Crippen LogP) is 0.411. The van der Waals surface area contributed by atoms with Crippen LogP contribution in [0.1, 0.15) is 15.9 Å². The van der Waals surface area contributed by atoms with Crippen molar-refractivity contribution in [2.45, 2.75) is 4.90 Å². The molecular weight excluding hydrogens is 829 g/mol. The number of nitrogen functional groups attached to an aromatic ring is 3. The molecule has 22 heteroatoms. The number of fused-ring (bicyclic) bond motifs is 1. The van der Waals surface area contributed by atoms with Crippen LogP contribution in [-0.4, -0.2) is 51.7 Å². The van der Waals surface area contributed by atoms with Crippen molar-refractivity contribution in [1.82, 2.24) is 0 Å². The van der Waals surface area contributed by atoms with Gasteiger partial charge in [0.2, 0.25) is 5.78 Å². The number of carbonyl (C=O) groups excluding carboxylic acids is 1. The Morgan fingerprint density at radius 3 is 1.78 bits per heavy atom. The van der Waals surface area contributed by atoms with Crippen molar-refractivity contribution in [3.63, 3.8) is 0 Å². The van der Waals surface area contributed by atoms with Crippen molar-refractivity contribution < 1.29 is 121 Å². The molecular formula is C36H29KN9NaO9S2. The van der Waals surface area contributed by atoms with E-state index in [1.807, 2.05) is 0 Å². The maximum absolute atomic E-state index is 13.7. The topological polar surface area (TPSA) is 302 Å². The molecule has 0 saturated carbocycles. The number of rotatable bonds is 11. The van der Waals surface area contributed by atoms with Crippen LogP contribution in [-0.2, 0) is 20.2 Å². The number of nitrogens with two attached hydrogens (primary N) is 3. The Morgan fingerprint density at radius 1 is 0.690 bits per heavy atom. The number of hydrogen-bond acceptors (Lipinski definition) is 18. The van der Waals surface area contributed by atoms with Gasteiger partial charge in [-0.3, -0.25) is 10.2 Å². The van der Waals surface area contributed by atoms with E-state index in [-0.39, 0.29) is 92.4 Å². The van der Waals surface area contributed by atoms with E-state index in [2.05, 4.69) is 31.0 Å². The summed E-state index contributed by atoms with van der Waals surface area (Å²) < 4.78 is 85.0. The van der Waals surface area contributed by atoms with Crippen LogP contribution in [0.15, 0.2) is 126 Å². The van der Waals surface area contributed by atoms with E-state index in [9.17, 15) is 30.7 Å². The van der Waals surface area contributed by atoms with E-state index < -0.39 is 64.0 Å². The Labute approximate surface area is 396 Å². The molecule has 0 unspecified atom stereocenters. The van der Waals surface area contributed by atoms with Gasteiger partial charge >= 0.3 is 80.9 Å². The van der Waals surface area contributed by atoms with Gasteiger partial charge < -0.3 is 35.8 Å². The molecule has 58 heavy (non-hydrogen) atoms. The number of methoxy groups -OCH3 is 2. The summed E-state index contributed by atoms with van der Waals surface area (Å²) in [4.78, 5) is 11.6. The van der Waals surface area contributed by atoms with Crippen LogP contribution in [0.2, 0.25) is 0 Å². The molecule has 0 heterocycles. The van der Waals surface area contributed by atoms with E-state index in [4.69, 9.17) is 26.7 Å². The fourth-order valence-electron chi connectivity index (χ4n) is 5.47. The number of nitrogens with one attached hydrogen (secondary N) is 1. The standard InChI is InChI=1S/C36H31N9O9S2.K.Na/c1-53-28-14-19(8-11-26(28)42-41-25-13-10-22(37)18-24(25)38)20-9-12-27(29(15-20)54-2)43-44-34-30(55(47,48)49)16-21-17-31(56(50,51)52)35(36(46)32(21)33(34)39)45-40-23-6-4-3-5-7-23;;/h3-18,40H,37-39H2,1-2H3,(H,47,48,49)(H,50,51,52);;/q;2*+1/p-2/b42-41?,44-43?,45-35+;;. The summed E-state index contributed by atoms with van der Waals surface area (Å²) in [5.74, 6) is -0.629. The van der Waals surface area contributed by atoms with E-state index in [1.54, 1.807) is 78.9 Å². The number of anilines is 4. The maximum Gasteiger partial charge on any atom is 1.00 e. The molecule has 0 aliphatic heterocycles. The van der Waals surface area contributed by atoms with Crippen molar-refractivity contribution in [2.24, 2.45) is 25.6 Å². The van der Waals surface area contributed by atoms with Gasteiger partial charge in [0.15, 0.2) is 0 Å². The zero-order valence-electron chi connectivity index (χ0n) is 31.2. The van der Waals surface area contributed by atoms with Crippen molar-refractivity contribution in [2.75, 3.05) is 36.8 Å². The average Bonchev–Trinajstić information content (AvgIpc) is 3.16. The van der Waals surface area contributed by atoms with Crippen molar-refractivity contribution >= 4 is 83.3 Å². The Kier molecular flexibility index (Phi) is 15.3. The SMILES string of the molecule is COc1cc(-c2ccc(N=Nc3c(S(=O)(=O)[O-])cc4c(c3N)C(=O)/C(=N/Nc3ccccc3)C(S(=O)(=O)[O-])=C4)c(OC)c2)ccc1N=Nc1ccc(N)cc1N.[K+].[Na+]. The molecule has 1 aliphatic rings. The number of allylic oxidation sites excluding steroid dienone is 1. The van der Waals surface area contributed by atoms with Crippen LogP contribution in [0.3, 0.4) is 0 Å². The second kappa shape index (κ2) is 19.1. The van der Waals surface area contributed by atoms with Gasteiger partial charge in [-0.25, -0.2) is 16.8 Å². The molecule has 0 saturated heterocycles. The number of hydrazone groups is 1. The van der Waals surface area contributed by atoms with Crippen LogP contribution < -0.4 is 113 Å². The van der Waals surface area contributed by atoms with Gasteiger partial charge in [0.25, 0.3) is 0 Å². The number of hydrogen-bond donors (Lipinski definition) is 4. The van der Waals surface area contributed by atoms with Gasteiger partial charge in [-0.2, -0.15) is 5.10 Å². The van der Waals surface area contributed by atoms with E-state index >= 15 is 0 Å². The second-order valence-electron chi connectivity index (χ2n) is 11.8. The monoisotopic (exact) mass is 857 g/mol. The molecule has 0 fully saturated rings. The molecule has 0 spiro atoms. The van der Waals surface area contributed by atoms with Crippen LogP contribution in [0, 0.1) is 0 Å². The summed E-state index contributed by atoms with van der Waals surface area (Å²) >= 11 is 0. The summed E-state index contributed by atoms with van der Waals surface area (Å²) in [5.41, 5.74) is 20.8. The minimum Gasteiger partial charge on any atom is -0.744 e. The summed E-state index contributed by atoms with van der Waals surface area (Å²) in [5, 5.41) is 20.3. The second-order valence-corrected chi connectivity index (χ2v) is 14.5. The third kappa shape index (κ3) is 10.3. The third-order valence-corrected chi connectivity index (χ3v) is 9.87. The van der Waals surface area contributed by atoms with E-state index in [0.29, 0.717) is 57.5 Å². The number of ketones is 1. The first-order valence-corrected chi connectivity index (χ1v) is 18.8. The molecule has 6 rings (SSSR count). The number of benzene rings is 5. The summed E-state index contributed by atoms with van der Waals surface area (Å²) in [6, 6.07) is 23.5. The third-order valence-electron chi connectivity index (χ3n) is 8.17. The zero-order valence-corrected chi connectivity index (χ0v) is 38.0. The summed E-state index contributed by atoms with van der Waals surface area (Å²) in [6.07, 6.45) is 0.707. The van der Waals surface area contributed by atoms with Crippen LogP contribution in [0.25, 0.3) is 17.2 Å². The number of carbonyl (C=O) groups is 1. The molecule has 286 valence electrons. The Bertz CT molecular complexity index is 2770. The minimum absolute atomic E-state index is 0. The molecule has 0 bridgehead atoms. The Hall–Kier alpha value is -4.36. The normalized spacial score (nSPS) is 13.4. The Morgan fingerprint density at radius 2 is 1.24 bits per heavy atom. The number of para-hydroxylation sites is 1. The van der Waals surface area contributed by atoms with Gasteiger partial charge in [-0.05, 0) is 83.4 Å². The Balaban J connectivity index is 0.00000372. The number of azo groups is 2.